The van der Waals surface area contributed by atoms with Gasteiger partial charge in [-0.1, -0.05) is 83.0 Å². The molecule has 0 aliphatic rings. The summed E-state index contributed by atoms with van der Waals surface area (Å²) in [6, 6.07) is 33.0. The fourth-order valence-electron chi connectivity index (χ4n) is 7.51. The maximum absolute atomic E-state index is 6.70. The van der Waals surface area contributed by atoms with Crippen LogP contribution in [0.4, 0.5) is 0 Å². The van der Waals surface area contributed by atoms with Crippen molar-refractivity contribution in [3.05, 3.63) is 130 Å². The molecule has 52 heavy (non-hydrogen) atoms. The van der Waals surface area contributed by atoms with Gasteiger partial charge in [-0.2, -0.15) is 11.2 Å². The van der Waals surface area contributed by atoms with E-state index < -0.39 is 0 Å². The second-order valence-electron chi connectivity index (χ2n) is 15.2. The van der Waals surface area contributed by atoms with E-state index >= 15 is 0 Å². The van der Waals surface area contributed by atoms with E-state index in [0.717, 1.165) is 51.0 Å². The van der Waals surface area contributed by atoms with Gasteiger partial charge in [-0.3, -0.25) is 4.68 Å². The molecule has 0 saturated heterocycles. The number of rotatable bonds is 9. The van der Waals surface area contributed by atoms with Crippen molar-refractivity contribution in [2.24, 2.45) is 5.92 Å². The number of hydrogen-bond acceptors (Lipinski definition) is 3. The van der Waals surface area contributed by atoms with Gasteiger partial charge in [-0.15, -0.1) is 41.3 Å². The first-order chi connectivity index (χ1) is 24.4. The number of fused-ring (bicyclic) bond motifs is 3. The molecule has 268 valence electrons. The fraction of sp³-hybridized carbons (Fsp3) is 0.304. The summed E-state index contributed by atoms with van der Waals surface area (Å²) < 4.78 is 11.0. The summed E-state index contributed by atoms with van der Waals surface area (Å²) in [5, 5.41) is 7.47. The predicted octanol–water partition coefficient (Wildman–Crippen LogP) is 12.1. The van der Waals surface area contributed by atoms with Crippen LogP contribution < -0.4 is 4.74 Å². The average molecular weight is 779 g/mol. The van der Waals surface area contributed by atoms with Crippen LogP contribution in [0.25, 0.3) is 44.4 Å². The van der Waals surface area contributed by atoms with Crippen LogP contribution in [0.2, 0.25) is 0 Å². The van der Waals surface area contributed by atoms with Crippen LogP contribution in [0.15, 0.2) is 79.0 Å². The Morgan fingerprint density at radius 3 is 2.12 bits per heavy atom. The molecule has 7 rings (SSSR count). The van der Waals surface area contributed by atoms with Crippen LogP contribution in [0, 0.1) is 45.7 Å². The standard InChI is InChI=1S/C46H48N4O.Pd/c1-27(2)19-43-46(45-31(8)20-30(7)21-32(45)9)33(10)48-50(43)36-22-35(29(5)6)23-38(25-36)51-37-15-16-40-39-13-11-12-14-41(39)49(42(40)26-37)44-24-34(28(3)4)17-18-47-44;/h11-18,20-24,27-29H,19H2,1-10H3;/q-2;+2. The zero-order chi connectivity index (χ0) is 36.1. The first-order valence-electron chi connectivity index (χ1n) is 18.2. The molecule has 3 heterocycles. The molecule has 7 aromatic rings. The van der Waals surface area contributed by atoms with Gasteiger partial charge in [0.25, 0.3) is 0 Å². The van der Waals surface area contributed by atoms with Crippen molar-refractivity contribution in [2.45, 2.75) is 87.5 Å². The summed E-state index contributed by atoms with van der Waals surface area (Å²) >= 11 is 0. The van der Waals surface area contributed by atoms with E-state index in [-0.39, 0.29) is 26.3 Å². The van der Waals surface area contributed by atoms with Crippen molar-refractivity contribution in [1.82, 2.24) is 19.3 Å². The van der Waals surface area contributed by atoms with Crippen molar-refractivity contribution < 1.29 is 25.2 Å². The summed E-state index contributed by atoms with van der Waals surface area (Å²) in [5.74, 6) is 3.25. The number of benzene rings is 4. The van der Waals surface area contributed by atoms with Gasteiger partial charge in [0.1, 0.15) is 5.82 Å². The monoisotopic (exact) mass is 778 g/mol. The summed E-state index contributed by atoms with van der Waals surface area (Å²) in [4.78, 5) is 4.82. The number of aromatic nitrogens is 4. The number of aryl methyl sites for hydroxylation is 4. The minimum absolute atomic E-state index is 0. The summed E-state index contributed by atoms with van der Waals surface area (Å²) in [7, 11) is 0. The second kappa shape index (κ2) is 14.9. The molecule has 0 bridgehead atoms. The van der Waals surface area contributed by atoms with Crippen LogP contribution in [0.3, 0.4) is 0 Å². The Kier molecular flexibility index (Phi) is 10.6. The first kappa shape index (κ1) is 37.3. The first-order valence-corrected chi connectivity index (χ1v) is 18.2. The molecule has 0 N–H and O–H groups in total. The molecule has 0 spiro atoms. The van der Waals surface area contributed by atoms with Crippen LogP contribution in [-0.4, -0.2) is 19.3 Å². The average Bonchev–Trinajstić information content (AvgIpc) is 3.57. The van der Waals surface area contributed by atoms with Gasteiger partial charge in [0.05, 0.1) is 11.4 Å². The van der Waals surface area contributed by atoms with Gasteiger partial charge < -0.3 is 9.30 Å². The molecule has 0 atom stereocenters. The molecule has 5 nitrogen and oxygen atoms in total. The van der Waals surface area contributed by atoms with E-state index in [0.29, 0.717) is 23.3 Å². The minimum Gasteiger partial charge on any atom is -0.509 e. The van der Waals surface area contributed by atoms with Gasteiger partial charge in [-0.25, -0.2) is 4.98 Å². The van der Waals surface area contributed by atoms with Gasteiger partial charge in [0.15, 0.2) is 0 Å². The normalized spacial score (nSPS) is 11.7. The Labute approximate surface area is 322 Å². The largest absolute Gasteiger partial charge is 2.00 e. The topological polar surface area (TPSA) is 44.9 Å². The second-order valence-corrected chi connectivity index (χ2v) is 15.2. The van der Waals surface area contributed by atoms with Crippen molar-refractivity contribution in [1.29, 1.82) is 0 Å². The number of nitrogens with zero attached hydrogens (tertiary/aromatic N) is 4. The molecule has 0 aliphatic carbocycles. The van der Waals surface area contributed by atoms with E-state index in [4.69, 9.17) is 14.8 Å². The fourth-order valence-corrected chi connectivity index (χ4v) is 7.51. The number of para-hydroxylation sites is 1. The number of hydrogen-bond donors (Lipinski definition) is 0. The van der Waals surface area contributed by atoms with E-state index in [1.807, 2.05) is 12.3 Å². The predicted molar refractivity (Wildman–Crippen MR) is 211 cm³/mol. The minimum atomic E-state index is 0. The maximum atomic E-state index is 6.70. The third-order valence-electron chi connectivity index (χ3n) is 9.87. The Morgan fingerprint density at radius 1 is 0.712 bits per heavy atom. The molecule has 0 saturated carbocycles. The van der Waals surface area contributed by atoms with E-state index in [1.54, 1.807) is 0 Å². The zero-order valence-electron chi connectivity index (χ0n) is 32.0. The Morgan fingerprint density at radius 2 is 1.42 bits per heavy atom. The Hall–Kier alpha value is -4.50. The van der Waals surface area contributed by atoms with Crippen molar-refractivity contribution in [2.75, 3.05) is 0 Å². The van der Waals surface area contributed by atoms with Gasteiger partial charge in [-0.05, 0) is 103 Å². The molecule has 0 radical (unpaired) electrons. The molecule has 0 amide bonds. The summed E-state index contributed by atoms with van der Waals surface area (Å²) in [6.07, 6.45) is 2.79. The number of ether oxygens (including phenoxy) is 1. The van der Waals surface area contributed by atoms with Crippen molar-refractivity contribution in [3.63, 3.8) is 0 Å². The van der Waals surface area contributed by atoms with Crippen LogP contribution >= 0.6 is 0 Å². The third kappa shape index (κ3) is 7.00. The van der Waals surface area contributed by atoms with Crippen molar-refractivity contribution >= 4 is 21.8 Å². The van der Waals surface area contributed by atoms with Gasteiger partial charge in [0, 0.05) is 28.8 Å². The summed E-state index contributed by atoms with van der Waals surface area (Å²) in [5.41, 5.74) is 13.9. The molecular weight excluding hydrogens is 731 g/mol. The maximum Gasteiger partial charge on any atom is 2.00 e. The summed E-state index contributed by atoms with van der Waals surface area (Å²) in [6.45, 7) is 22.1. The SMILES string of the molecule is Cc1cc(C)c(-c2c(C)nn(-c3[c-]c(Oc4[c-]c5c(cc4)c4ccccc4n5-c4cc(C(C)C)ccn4)cc(C(C)C)c3)c2CC(C)C)c(C)c1.[Pd+2]. The van der Waals surface area contributed by atoms with Crippen molar-refractivity contribution in [3.8, 4) is 34.1 Å². The van der Waals surface area contributed by atoms with Crippen LogP contribution in [0.1, 0.15) is 92.6 Å². The molecule has 6 heteroatoms. The number of pyridine rings is 1. The van der Waals surface area contributed by atoms with E-state index in [9.17, 15) is 0 Å². The smallest absolute Gasteiger partial charge is 0.509 e. The quantitative estimate of drug-likeness (QED) is 0.108. The molecule has 3 aromatic heterocycles. The molecule has 0 aliphatic heterocycles. The zero-order valence-corrected chi connectivity index (χ0v) is 33.5. The Bertz CT molecular complexity index is 2390. The van der Waals surface area contributed by atoms with Crippen LogP contribution in [0.5, 0.6) is 11.5 Å². The molecular formula is C46H48N4OPd. The molecule has 4 aromatic carbocycles. The van der Waals surface area contributed by atoms with E-state index in [1.165, 1.54) is 39.1 Å². The molecule has 0 fully saturated rings. The van der Waals surface area contributed by atoms with Gasteiger partial charge in [0.2, 0.25) is 0 Å². The Balaban J connectivity index is 0.00000464. The molecule has 0 unspecified atom stereocenters. The third-order valence-corrected chi connectivity index (χ3v) is 9.87. The van der Waals surface area contributed by atoms with Gasteiger partial charge >= 0.3 is 20.4 Å². The van der Waals surface area contributed by atoms with E-state index in [2.05, 4.69) is 157 Å². The van der Waals surface area contributed by atoms with Crippen LogP contribution in [-0.2, 0) is 26.8 Å².